The van der Waals surface area contributed by atoms with Gasteiger partial charge in [-0.1, -0.05) is 6.07 Å². The normalized spacial score (nSPS) is 23.8. The van der Waals surface area contributed by atoms with Crippen LogP contribution in [0, 0.1) is 6.92 Å². The lowest BCUT2D eigenvalue weighted by molar-refractivity contribution is -0.146. The van der Waals surface area contributed by atoms with Gasteiger partial charge >= 0.3 is 0 Å². The van der Waals surface area contributed by atoms with Crippen LogP contribution in [0.3, 0.4) is 0 Å². The third-order valence-electron chi connectivity index (χ3n) is 4.90. The molecular formula is C17H24N4O2S. The first-order chi connectivity index (χ1) is 11.7. The predicted octanol–water partition coefficient (Wildman–Crippen LogP) is 2.47. The zero-order valence-electron chi connectivity index (χ0n) is 14.3. The molecule has 2 saturated heterocycles. The van der Waals surface area contributed by atoms with Crippen LogP contribution in [0.15, 0.2) is 17.5 Å². The standard InChI is InChI=1S/C17H24N4O2S/c1-13-10-20(12-17(23-13)5-7-22-8-6-17)16-19-18-14(2)21(16)11-15-4-3-9-24-15/h3-4,9,13H,5-8,10-12H2,1-2H3. The summed E-state index contributed by atoms with van der Waals surface area (Å²) >= 11 is 1.77. The molecule has 0 aromatic carbocycles. The van der Waals surface area contributed by atoms with Crippen molar-refractivity contribution in [2.45, 2.75) is 44.9 Å². The van der Waals surface area contributed by atoms with E-state index in [0.29, 0.717) is 0 Å². The third-order valence-corrected chi connectivity index (χ3v) is 5.77. The minimum atomic E-state index is -0.108. The Morgan fingerprint density at radius 1 is 1.33 bits per heavy atom. The number of ether oxygens (including phenoxy) is 2. The van der Waals surface area contributed by atoms with Crippen molar-refractivity contribution in [2.24, 2.45) is 0 Å². The van der Waals surface area contributed by atoms with Crippen molar-refractivity contribution in [1.82, 2.24) is 14.8 Å². The number of thiophene rings is 1. The van der Waals surface area contributed by atoms with Crippen LogP contribution >= 0.6 is 11.3 Å². The minimum Gasteiger partial charge on any atom is -0.381 e. The third kappa shape index (κ3) is 3.08. The van der Waals surface area contributed by atoms with Crippen molar-refractivity contribution >= 4 is 17.3 Å². The van der Waals surface area contributed by atoms with Gasteiger partial charge in [-0.25, -0.2) is 0 Å². The van der Waals surface area contributed by atoms with Crippen molar-refractivity contribution < 1.29 is 9.47 Å². The van der Waals surface area contributed by atoms with Crippen LogP contribution in [0.1, 0.15) is 30.5 Å². The van der Waals surface area contributed by atoms with Crippen LogP contribution in [-0.2, 0) is 16.0 Å². The maximum absolute atomic E-state index is 6.34. The van der Waals surface area contributed by atoms with Crippen molar-refractivity contribution in [1.29, 1.82) is 0 Å². The molecule has 7 heteroatoms. The Morgan fingerprint density at radius 2 is 2.17 bits per heavy atom. The van der Waals surface area contributed by atoms with Gasteiger partial charge in [-0.3, -0.25) is 4.57 Å². The van der Waals surface area contributed by atoms with Crippen molar-refractivity contribution in [2.75, 3.05) is 31.2 Å². The van der Waals surface area contributed by atoms with Gasteiger partial charge in [0.1, 0.15) is 5.82 Å². The van der Waals surface area contributed by atoms with Gasteiger partial charge in [0, 0.05) is 37.5 Å². The maximum Gasteiger partial charge on any atom is 0.227 e. The molecule has 2 aliphatic heterocycles. The van der Waals surface area contributed by atoms with E-state index in [4.69, 9.17) is 9.47 Å². The number of rotatable bonds is 3. The molecule has 0 amide bonds. The molecule has 6 nitrogen and oxygen atoms in total. The highest BCUT2D eigenvalue weighted by Crippen LogP contribution is 2.33. The summed E-state index contributed by atoms with van der Waals surface area (Å²) in [6.07, 6.45) is 2.08. The molecule has 0 radical (unpaired) electrons. The molecule has 2 fully saturated rings. The average molecular weight is 348 g/mol. The van der Waals surface area contributed by atoms with Crippen LogP contribution < -0.4 is 4.90 Å². The summed E-state index contributed by atoms with van der Waals surface area (Å²) in [7, 11) is 0. The summed E-state index contributed by atoms with van der Waals surface area (Å²) in [6, 6.07) is 4.25. The van der Waals surface area contributed by atoms with E-state index >= 15 is 0 Å². The Kier molecular flexibility index (Phi) is 4.32. The molecule has 4 rings (SSSR count). The van der Waals surface area contributed by atoms with Gasteiger partial charge in [-0.2, -0.15) is 0 Å². The smallest absolute Gasteiger partial charge is 0.227 e. The van der Waals surface area contributed by atoms with Crippen LogP contribution in [0.2, 0.25) is 0 Å². The van der Waals surface area contributed by atoms with Crippen LogP contribution in [0.4, 0.5) is 5.95 Å². The van der Waals surface area contributed by atoms with Gasteiger partial charge in [0.25, 0.3) is 0 Å². The van der Waals surface area contributed by atoms with Crippen molar-refractivity contribution in [3.05, 3.63) is 28.2 Å². The molecule has 130 valence electrons. The van der Waals surface area contributed by atoms with Gasteiger partial charge in [0.15, 0.2) is 0 Å². The second kappa shape index (κ2) is 6.46. The van der Waals surface area contributed by atoms with Gasteiger partial charge in [0.2, 0.25) is 5.95 Å². The highest BCUT2D eigenvalue weighted by atomic mass is 32.1. The van der Waals surface area contributed by atoms with E-state index in [0.717, 1.165) is 57.5 Å². The number of morpholine rings is 1. The van der Waals surface area contributed by atoms with Gasteiger partial charge in [0.05, 0.1) is 24.8 Å². The number of aryl methyl sites for hydroxylation is 1. The molecule has 24 heavy (non-hydrogen) atoms. The number of anilines is 1. The second-order valence-electron chi connectivity index (χ2n) is 6.82. The first-order valence-electron chi connectivity index (χ1n) is 8.58. The molecule has 1 unspecified atom stereocenters. The quantitative estimate of drug-likeness (QED) is 0.853. The lowest BCUT2D eigenvalue weighted by Crippen LogP contribution is -2.57. The molecule has 1 atom stereocenters. The number of hydrogen-bond acceptors (Lipinski definition) is 6. The Labute approximate surface area is 146 Å². The molecule has 0 aliphatic carbocycles. The largest absolute Gasteiger partial charge is 0.381 e. The lowest BCUT2D eigenvalue weighted by Gasteiger charge is -2.47. The molecule has 0 saturated carbocycles. The summed E-state index contributed by atoms with van der Waals surface area (Å²) in [6.45, 7) is 8.28. The van der Waals surface area contributed by atoms with Gasteiger partial charge < -0.3 is 14.4 Å². The minimum absolute atomic E-state index is 0.108. The van der Waals surface area contributed by atoms with Crippen LogP contribution in [0.25, 0.3) is 0 Å². The highest BCUT2D eigenvalue weighted by Gasteiger charge is 2.42. The Bertz CT molecular complexity index is 679. The van der Waals surface area contributed by atoms with Gasteiger partial charge in [-0.05, 0) is 25.3 Å². The molecule has 1 spiro atoms. The van der Waals surface area contributed by atoms with E-state index in [1.165, 1.54) is 4.88 Å². The SMILES string of the molecule is Cc1nnc(N2CC(C)OC3(CCOCC3)C2)n1Cc1cccs1. The topological polar surface area (TPSA) is 52.4 Å². The molecule has 0 bridgehead atoms. The van der Waals surface area contributed by atoms with E-state index in [1.807, 2.05) is 6.92 Å². The summed E-state index contributed by atoms with van der Waals surface area (Å²) < 4.78 is 14.1. The summed E-state index contributed by atoms with van der Waals surface area (Å²) in [5.41, 5.74) is -0.108. The number of nitrogens with zero attached hydrogens (tertiary/aromatic N) is 4. The summed E-state index contributed by atoms with van der Waals surface area (Å²) in [5, 5.41) is 10.9. The second-order valence-corrected chi connectivity index (χ2v) is 7.85. The summed E-state index contributed by atoms with van der Waals surface area (Å²) in [5.74, 6) is 1.92. The first kappa shape index (κ1) is 16.1. The Balaban J connectivity index is 1.60. The zero-order chi connectivity index (χ0) is 16.6. The van der Waals surface area contributed by atoms with E-state index < -0.39 is 0 Å². The van der Waals surface area contributed by atoms with E-state index in [-0.39, 0.29) is 11.7 Å². The molecular weight excluding hydrogens is 324 g/mol. The molecule has 4 heterocycles. The van der Waals surface area contributed by atoms with Crippen molar-refractivity contribution in [3.63, 3.8) is 0 Å². The van der Waals surface area contributed by atoms with Crippen LogP contribution in [0.5, 0.6) is 0 Å². The number of aromatic nitrogens is 3. The molecule has 2 aromatic heterocycles. The average Bonchev–Trinajstić information content (AvgIpc) is 3.19. The van der Waals surface area contributed by atoms with E-state index in [2.05, 4.69) is 44.1 Å². The maximum atomic E-state index is 6.34. The predicted molar refractivity (Wildman–Crippen MR) is 93.7 cm³/mol. The Hall–Kier alpha value is -1.44. The zero-order valence-corrected chi connectivity index (χ0v) is 15.1. The molecule has 2 aliphatic rings. The fourth-order valence-electron chi connectivity index (χ4n) is 3.74. The molecule has 2 aromatic rings. The fourth-order valence-corrected chi connectivity index (χ4v) is 4.44. The van der Waals surface area contributed by atoms with Crippen molar-refractivity contribution in [3.8, 4) is 0 Å². The van der Waals surface area contributed by atoms with Gasteiger partial charge in [-0.15, -0.1) is 21.5 Å². The first-order valence-corrected chi connectivity index (χ1v) is 9.46. The van der Waals surface area contributed by atoms with E-state index in [9.17, 15) is 0 Å². The van der Waals surface area contributed by atoms with Crippen LogP contribution in [-0.4, -0.2) is 52.8 Å². The fraction of sp³-hybridized carbons (Fsp3) is 0.647. The lowest BCUT2D eigenvalue weighted by atomic mass is 9.91. The number of hydrogen-bond donors (Lipinski definition) is 0. The highest BCUT2D eigenvalue weighted by molar-refractivity contribution is 7.09. The monoisotopic (exact) mass is 348 g/mol. The molecule has 0 N–H and O–H groups in total. The summed E-state index contributed by atoms with van der Waals surface area (Å²) in [4.78, 5) is 3.67. The Morgan fingerprint density at radius 3 is 2.92 bits per heavy atom. The van der Waals surface area contributed by atoms with E-state index in [1.54, 1.807) is 11.3 Å².